The number of aromatic hydroxyl groups is 1. The lowest BCUT2D eigenvalue weighted by atomic mass is 10.0. The number of phenolic OH excluding ortho intramolecular Hbond substituents is 1. The van der Waals surface area contributed by atoms with E-state index < -0.39 is 0 Å². The van der Waals surface area contributed by atoms with Gasteiger partial charge in [-0.3, -0.25) is 4.79 Å². The third-order valence-corrected chi connectivity index (χ3v) is 5.43. The SMILES string of the molecule is Cc1ccc(O)c(C(=O)NC2C3C4CCC(C4)C23)c1. The van der Waals surface area contributed by atoms with Gasteiger partial charge in [0.15, 0.2) is 0 Å². The second kappa shape index (κ2) is 3.75. The Morgan fingerprint density at radius 3 is 2.63 bits per heavy atom. The number of rotatable bonds is 2. The molecular formula is C16H19NO2. The Bertz CT molecular complexity index is 538. The largest absolute Gasteiger partial charge is 0.507 e. The van der Waals surface area contributed by atoms with Gasteiger partial charge in [-0.2, -0.15) is 0 Å². The Morgan fingerprint density at radius 1 is 1.26 bits per heavy atom. The van der Waals surface area contributed by atoms with Gasteiger partial charge in [0, 0.05) is 6.04 Å². The predicted octanol–water partition coefficient (Wildman–Crippen LogP) is 2.47. The van der Waals surface area contributed by atoms with E-state index in [1.54, 1.807) is 12.1 Å². The van der Waals surface area contributed by atoms with Crippen LogP contribution in [0.1, 0.15) is 35.2 Å². The average molecular weight is 257 g/mol. The van der Waals surface area contributed by atoms with E-state index in [4.69, 9.17) is 0 Å². The average Bonchev–Trinajstić information content (AvgIpc) is 2.80. The smallest absolute Gasteiger partial charge is 0.255 e. The first-order valence-corrected chi connectivity index (χ1v) is 7.25. The number of aryl methyl sites for hydroxylation is 1. The van der Waals surface area contributed by atoms with E-state index in [1.165, 1.54) is 19.3 Å². The number of fused-ring (bicyclic) bond motifs is 5. The lowest BCUT2D eigenvalue weighted by molar-refractivity contribution is 0.0941. The number of hydrogen-bond donors (Lipinski definition) is 2. The van der Waals surface area contributed by atoms with Crippen molar-refractivity contribution in [1.82, 2.24) is 5.32 Å². The van der Waals surface area contributed by atoms with E-state index in [1.807, 2.05) is 13.0 Å². The number of carbonyl (C=O) groups excluding carboxylic acids is 1. The van der Waals surface area contributed by atoms with Gasteiger partial charge in [0.25, 0.3) is 5.91 Å². The van der Waals surface area contributed by atoms with Crippen molar-refractivity contribution in [2.24, 2.45) is 23.7 Å². The van der Waals surface area contributed by atoms with Crippen molar-refractivity contribution in [2.75, 3.05) is 0 Å². The second-order valence-corrected chi connectivity index (χ2v) is 6.51. The zero-order valence-corrected chi connectivity index (χ0v) is 11.1. The minimum Gasteiger partial charge on any atom is -0.507 e. The van der Waals surface area contributed by atoms with Gasteiger partial charge in [-0.05, 0) is 62.0 Å². The molecule has 0 heterocycles. The summed E-state index contributed by atoms with van der Waals surface area (Å²) in [5, 5.41) is 12.9. The fourth-order valence-corrected chi connectivity index (χ4v) is 4.58. The quantitative estimate of drug-likeness (QED) is 0.855. The summed E-state index contributed by atoms with van der Waals surface area (Å²) in [5.74, 6) is 3.14. The number of benzene rings is 1. The molecule has 3 aliphatic rings. The molecule has 0 aromatic heterocycles. The van der Waals surface area contributed by atoms with Crippen molar-refractivity contribution in [3.8, 4) is 5.75 Å². The molecule has 3 fully saturated rings. The highest BCUT2D eigenvalue weighted by molar-refractivity contribution is 5.97. The van der Waals surface area contributed by atoms with E-state index in [2.05, 4.69) is 5.32 Å². The molecule has 3 saturated carbocycles. The van der Waals surface area contributed by atoms with Crippen LogP contribution in [-0.4, -0.2) is 17.1 Å². The van der Waals surface area contributed by atoms with Gasteiger partial charge in [-0.15, -0.1) is 0 Å². The molecule has 19 heavy (non-hydrogen) atoms. The fraction of sp³-hybridized carbons (Fsp3) is 0.562. The Balaban J connectivity index is 1.50. The van der Waals surface area contributed by atoms with Crippen molar-refractivity contribution in [2.45, 2.75) is 32.2 Å². The molecule has 2 bridgehead atoms. The lowest BCUT2D eigenvalue weighted by Crippen LogP contribution is -2.30. The second-order valence-electron chi connectivity index (χ2n) is 6.51. The fourth-order valence-electron chi connectivity index (χ4n) is 4.58. The van der Waals surface area contributed by atoms with Gasteiger partial charge < -0.3 is 10.4 Å². The first-order valence-electron chi connectivity index (χ1n) is 7.25. The van der Waals surface area contributed by atoms with Crippen LogP contribution in [0.25, 0.3) is 0 Å². The van der Waals surface area contributed by atoms with Gasteiger partial charge in [0.05, 0.1) is 5.56 Å². The molecule has 4 atom stereocenters. The number of phenols is 1. The molecular weight excluding hydrogens is 238 g/mol. The maximum atomic E-state index is 12.3. The normalized spacial score (nSPS) is 38.1. The van der Waals surface area contributed by atoms with Crippen LogP contribution in [0.3, 0.4) is 0 Å². The molecule has 3 aliphatic carbocycles. The van der Waals surface area contributed by atoms with Crippen LogP contribution in [0.4, 0.5) is 0 Å². The molecule has 1 aromatic carbocycles. The van der Waals surface area contributed by atoms with Gasteiger partial charge in [0.1, 0.15) is 5.75 Å². The molecule has 1 aromatic rings. The van der Waals surface area contributed by atoms with Crippen molar-refractivity contribution in [3.63, 3.8) is 0 Å². The molecule has 3 nitrogen and oxygen atoms in total. The predicted molar refractivity (Wildman–Crippen MR) is 71.9 cm³/mol. The molecule has 0 saturated heterocycles. The Labute approximate surface area is 113 Å². The molecule has 1 amide bonds. The van der Waals surface area contributed by atoms with E-state index in [-0.39, 0.29) is 11.7 Å². The molecule has 2 N–H and O–H groups in total. The van der Waals surface area contributed by atoms with Crippen molar-refractivity contribution >= 4 is 5.91 Å². The Kier molecular flexibility index (Phi) is 2.23. The highest BCUT2D eigenvalue weighted by atomic mass is 16.3. The van der Waals surface area contributed by atoms with E-state index >= 15 is 0 Å². The van der Waals surface area contributed by atoms with Crippen LogP contribution >= 0.6 is 0 Å². The summed E-state index contributed by atoms with van der Waals surface area (Å²) in [7, 11) is 0. The van der Waals surface area contributed by atoms with Crippen molar-refractivity contribution < 1.29 is 9.90 Å². The van der Waals surface area contributed by atoms with E-state index in [0.29, 0.717) is 11.6 Å². The third-order valence-electron chi connectivity index (χ3n) is 5.43. The monoisotopic (exact) mass is 257 g/mol. The summed E-state index contributed by atoms with van der Waals surface area (Å²) < 4.78 is 0. The summed E-state index contributed by atoms with van der Waals surface area (Å²) >= 11 is 0. The minimum absolute atomic E-state index is 0.0804. The van der Waals surface area contributed by atoms with Gasteiger partial charge >= 0.3 is 0 Å². The molecule has 4 rings (SSSR count). The molecule has 0 radical (unpaired) electrons. The number of carbonyl (C=O) groups is 1. The maximum absolute atomic E-state index is 12.3. The zero-order chi connectivity index (χ0) is 13.1. The van der Waals surface area contributed by atoms with Crippen LogP contribution in [-0.2, 0) is 0 Å². The van der Waals surface area contributed by atoms with Crippen molar-refractivity contribution in [3.05, 3.63) is 29.3 Å². The Hall–Kier alpha value is -1.51. The van der Waals surface area contributed by atoms with E-state index in [9.17, 15) is 9.90 Å². The minimum atomic E-state index is -0.111. The highest BCUT2D eigenvalue weighted by Crippen LogP contribution is 2.65. The number of nitrogens with one attached hydrogen (secondary N) is 1. The van der Waals surface area contributed by atoms with Crippen LogP contribution in [0.15, 0.2) is 18.2 Å². The standard InChI is InChI=1S/C16H19NO2/c1-8-2-5-12(18)11(6-8)16(19)17-15-13-9-3-4-10(7-9)14(13)15/h2,5-6,9-10,13-15,18H,3-4,7H2,1H3,(H,17,19). The molecule has 3 heteroatoms. The van der Waals surface area contributed by atoms with Crippen LogP contribution < -0.4 is 5.32 Å². The first kappa shape index (κ1) is 11.3. The highest BCUT2D eigenvalue weighted by Gasteiger charge is 2.65. The third kappa shape index (κ3) is 1.60. The van der Waals surface area contributed by atoms with Crippen LogP contribution in [0.2, 0.25) is 0 Å². The summed E-state index contributed by atoms with van der Waals surface area (Å²) in [5.41, 5.74) is 1.41. The van der Waals surface area contributed by atoms with Crippen molar-refractivity contribution in [1.29, 1.82) is 0 Å². The summed E-state index contributed by atoms with van der Waals surface area (Å²) in [6, 6.07) is 5.55. The van der Waals surface area contributed by atoms with Crippen LogP contribution in [0, 0.1) is 30.6 Å². The Morgan fingerprint density at radius 2 is 1.95 bits per heavy atom. The molecule has 0 spiro atoms. The lowest BCUT2D eigenvalue weighted by Gasteiger charge is -2.11. The van der Waals surface area contributed by atoms with Crippen LogP contribution in [0.5, 0.6) is 5.75 Å². The molecule has 0 aliphatic heterocycles. The summed E-state index contributed by atoms with van der Waals surface area (Å²) in [4.78, 5) is 12.3. The summed E-state index contributed by atoms with van der Waals surface area (Å²) in [6.07, 6.45) is 4.10. The topological polar surface area (TPSA) is 49.3 Å². The summed E-state index contributed by atoms with van der Waals surface area (Å²) in [6.45, 7) is 1.93. The number of hydrogen-bond acceptors (Lipinski definition) is 2. The van der Waals surface area contributed by atoms with Gasteiger partial charge in [-0.1, -0.05) is 11.6 Å². The number of amides is 1. The zero-order valence-electron chi connectivity index (χ0n) is 11.1. The first-order chi connectivity index (χ1) is 9.15. The van der Waals surface area contributed by atoms with Gasteiger partial charge in [-0.25, -0.2) is 0 Å². The van der Waals surface area contributed by atoms with E-state index in [0.717, 1.165) is 29.2 Å². The van der Waals surface area contributed by atoms with Gasteiger partial charge in [0.2, 0.25) is 0 Å². The maximum Gasteiger partial charge on any atom is 0.255 e. The molecule has 4 unspecified atom stereocenters. The molecule has 100 valence electrons.